The molecule has 11 heavy (non-hydrogen) atoms. The van der Waals surface area contributed by atoms with Crippen LogP contribution in [-0.2, 0) is 9.53 Å². The van der Waals surface area contributed by atoms with Crippen LogP contribution in [0.15, 0.2) is 0 Å². The van der Waals surface area contributed by atoms with Crippen LogP contribution in [0.3, 0.4) is 0 Å². The largest absolute Gasteiger partial charge is 0.480 e. The predicted octanol–water partition coefficient (Wildman–Crippen LogP) is 0.0377. The highest BCUT2D eigenvalue weighted by Crippen LogP contribution is 1.94. The fraction of sp³-hybridized carbons (Fsp3) is 0.857. The number of nitrogens with zero attached hydrogens (tertiary/aromatic N) is 1. The Morgan fingerprint density at radius 1 is 1.73 bits per heavy atom. The zero-order valence-corrected chi connectivity index (χ0v) is 7.20. The minimum Gasteiger partial charge on any atom is -0.480 e. The summed E-state index contributed by atoms with van der Waals surface area (Å²) in [4.78, 5) is 12.0. The molecule has 0 aromatic carbocycles. The Morgan fingerprint density at radius 2 is 2.27 bits per heavy atom. The Hall–Kier alpha value is -0.610. The van der Waals surface area contributed by atoms with Gasteiger partial charge in [0.1, 0.15) is 0 Å². The molecule has 4 nitrogen and oxygen atoms in total. The lowest BCUT2D eigenvalue weighted by molar-refractivity contribution is -0.138. The number of aliphatic carboxylic acids is 1. The van der Waals surface area contributed by atoms with Crippen LogP contribution in [-0.4, -0.2) is 49.3 Å². The quantitative estimate of drug-likeness (QED) is 0.618. The molecule has 0 fully saturated rings. The SMILES string of the molecule is COCC(C)N(C)CC(=O)O. The number of methoxy groups -OCH3 is 1. The molecule has 0 rings (SSSR count). The van der Waals surface area contributed by atoms with Crippen LogP contribution in [0.4, 0.5) is 0 Å². The van der Waals surface area contributed by atoms with Crippen LogP contribution >= 0.6 is 0 Å². The smallest absolute Gasteiger partial charge is 0.317 e. The van der Waals surface area contributed by atoms with Crippen molar-refractivity contribution in [2.45, 2.75) is 13.0 Å². The van der Waals surface area contributed by atoms with Crippen molar-refractivity contribution < 1.29 is 14.6 Å². The van der Waals surface area contributed by atoms with Gasteiger partial charge in [-0.1, -0.05) is 0 Å². The van der Waals surface area contributed by atoms with Gasteiger partial charge in [-0.2, -0.15) is 0 Å². The van der Waals surface area contributed by atoms with Crippen LogP contribution in [0.1, 0.15) is 6.92 Å². The first kappa shape index (κ1) is 10.4. The third-order valence-electron chi connectivity index (χ3n) is 1.54. The number of likely N-dealkylation sites (N-methyl/N-ethyl adjacent to an activating group) is 1. The number of carboxylic acids is 1. The van der Waals surface area contributed by atoms with Crippen LogP contribution < -0.4 is 0 Å². The summed E-state index contributed by atoms with van der Waals surface area (Å²) in [7, 11) is 3.36. The summed E-state index contributed by atoms with van der Waals surface area (Å²) in [5, 5.41) is 8.42. The number of carboxylic acid groups (broad SMARTS) is 1. The molecule has 0 aromatic rings. The minimum atomic E-state index is -0.810. The third-order valence-corrected chi connectivity index (χ3v) is 1.54. The first-order valence-corrected chi connectivity index (χ1v) is 3.49. The van der Waals surface area contributed by atoms with E-state index in [4.69, 9.17) is 9.84 Å². The molecule has 0 aliphatic carbocycles. The van der Waals surface area contributed by atoms with Gasteiger partial charge in [-0.25, -0.2) is 0 Å². The normalized spacial score (nSPS) is 13.5. The molecule has 0 aromatic heterocycles. The van der Waals surface area contributed by atoms with E-state index < -0.39 is 5.97 Å². The molecule has 0 aliphatic rings. The topological polar surface area (TPSA) is 49.8 Å². The van der Waals surface area contributed by atoms with Gasteiger partial charge in [-0.05, 0) is 14.0 Å². The van der Waals surface area contributed by atoms with E-state index in [1.54, 1.807) is 19.1 Å². The Labute approximate surface area is 66.8 Å². The van der Waals surface area contributed by atoms with Crippen LogP contribution in [0.5, 0.6) is 0 Å². The Balaban J connectivity index is 3.63. The van der Waals surface area contributed by atoms with Gasteiger partial charge in [0.25, 0.3) is 0 Å². The summed E-state index contributed by atoms with van der Waals surface area (Å²) in [5.74, 6) is -0.810. The molecule has 4 heteroatoms. The Bertz CT molecular complexity index is 127. The average Bonchev–Trinajstić information content (AvgIpc) is 1.86. The summed E-state index contributed by atoms with van der Waals surface area (Å²) in [6.45, 7) is 2.54. The van der Waals surface area contributed by atoms with Gasteiger partial charge < -0.3 is 9.84 Å². The van der Waals surface area contributed by atoms with Crippen molar-refractivity contribution in [1.82, 2.24) is 4.90 Å². The van der Waals surface area contributed by atoms with Crippen molar-refractivity contribution in [3.8, 4) is 0 Å². The second-order valence-electron chi connectivity index (χ2n) is 2.61. The summed E-state index contributed by atoms with van der Waals surface area (Å²) >= 11 is 0. The lowest BCUT2D eigenvalue weighted by Crippen LogP contribution is -2.36. The first-order valence-electron chi connectivity index (χ1n) is 3.49. The molecule has 0 heterocycles. The van der Waals surface area contributed by atoms with Gasteiger partial charge in [0.05, 0.1) is 13.2 Å². The van der Waals surface area contributed by atoms with E-state index in [0.29, 0.717) is 6.61 Å². The molecule has 0 saturated heterocycles. The van der Waals surface area contributed by atoms with Crippen molar-refractivity contribution in [2.75, 3.05) is 27.3 Å². The zero-order valence-electron chi connectivity index (χ0n) is 7.20. The molecule has 66 valence electrons. The highest BCUT2D eigenvalue weighted by Gasteiger charge is 2.10. The van der Waals surface area contributed by atoms with E-state index in [0.717, 1.165) is 0 Å². The molecular formula is C7H15NO3. The summed E-state index contributed by atoms with van der Waals surface area (Å²) in [5.41, 5.74) is 0. The number of hydrogen-bond donors (Lipinski definition) is 1. The van der Waals surface area contributed by atoms with Crippen LogP contribution in [0, 0.1) is 0 Å². The van der Waals surface area contributed by atoms with Crippen molar-refractivity contribution >= 4 is 5.97 Å². The average molecular weight is 161 g/mol. The van der Waals surface area contributed by atoms with Gasteiger partial charge >= 0.3 is 5.97 Å². The molecule has 0 bridgehead atoms. The molecule has 1 N–H and O–H groups in total. The lowest BCUT2D eigenvalue weighted by atomic mass is 10.3. The maximum atomic E-state index is 10.2. The van der Waals surface area contributed by atoms with Crippen LogP contribution in [0.25, 0.3) is 0 Å². The second-order valence-corrected chi connectivity index (χ2v) is 2.61. The first-order chi connectivity index (χ1) is 5.07. The Kier molecular flexibility index (Phi) is 4.81. The van der Waals surface area contributed by atoms with Gasteiger partial charge in [0, 0.05) is 13.2 Å². The summed E-state index contributed by atoms with van der Waals surface area (Å²) < 4.78 is 4.87. The fourth-order valence-corrected chi connectivity index (χ4v) is 0.738. The van der Waals surface area contributed by atoms with Gasteiger partial charge in [0.2, 0.25) is 0 Å². The maximum absolute atomic E-state index is 10.2. The van der Waals surface area contributed by atoms with Crippen LogP contribution in [0.2, 0.25) is 0 Å². The van der Waals surface area contributed by atoms with E-state index in [1.807, 2.05) is 6.92 Å². The lowest BCUT2D eigenvalue weighted by Gasteiger charge is -2.21. The predicted molar refractivity (Wildman–Crippen MR) is 41.6 cm³/mol. The van der Waals surface area contributed by atoms with Gasteiger partial charge in [-0.3, -0.25) is 9.69 Å². The van der Waals surface area contributed by atoms with Crippen molar-refractivity contribution in [2.24, 2.45) is 0 Å². The molecule has 1 atom stereocenters. The molecule has 0 amide bonds. The number of carbonyl (C=O) groups is 1. The van der Waals surface area contributed by atoms with E-state index in [2.05, 4.69) is 0 Å². The highest BCUT2D eigenvalue weighted by atomic mass is 16.5. The van der Waals surface area contributed by atoms with Crippen molar-refractivity contribution in [1.29, 1.82) is 0 Å². The van der Waals surface area contributed by atoms with Gasteiger partial charge in [-0.15, -0.1) is 0 Å². The molecule has 1 unspecified atom stereocenters. The molecule has 0 spiro atoms. The molecule has 0 saturated carbocycles. The number of ether oxygens (including phenoxy) is 1. The van der Waals surface area contributed by atoms with Gasteiger partial charge in [0.15, 0.2) is 0 Å². The number of rotatable bonds is 5. The fourth-order valence-electron chi connectivity index (χ4n) is 0.738. The zero-order chi connectivity index (χ0) is 8.85. The molecule has 0 aliphatic heterocycles. The van der Waals surface area contributed by atoms with E-state index in [-0.39, 0.29) is 12.6 Å². The number of hydrogen-bond acceptors (Lipinski definition) is 3. The standard InChI is InChI=1S/C7H15NO3/c1-6(5-11-3)8(2)4-7(9)10/h6H,4-5H2,1-3H3,(H,9,10). The molecular weight excluding hydrogens is 146 g/mol. The molecule has 0 radical (unpaired) electrons. The second kappa shape index (κ2) is 5.09. The summed E-state index contributed by atoms with van der Waals surface area (Å²) in [6, 6.07) is 0.149. The van der Waals surface area contributed by atoms with Crippen molar-refractivity contribution in [3.63, 3.8) is 0 Å². The Morgan fingerprint density at radius 3 is 2.64 bits per heavy atom. The minimum absolute atomic E-state index is 0.0600. The van der Waals surface area contributed by atoms with E-state index >= 15 is 0 Å². The monoisotopic (exact) mass is 161 g/mol. The highest BCUT2D eigenvalue weighted by molar-refractivity contribution is 5.69. The van der Waals surface area contributed by atoms with E-state index in [9.17, 15) is 4.79 Å². The maximum Gasteiger partial charge on any atom is 0.317 e. The third kappa shape index (κ3) is 4.75. The van der Waals surface area contributed by atoms with Crippen molar-refractivity contribution in [3.05, 3.63) is 0 Å². The van der Waals surface area contributed by atoms with E-state index in [1.165, 1.54) is 0 Å². The summed E-state index contributed by atoms with van der Waals surface area (Å²) in [6.07, 6.45) is 0.